The maximum Gasteiger partial charge on any atom is 0.0821 e. The minimum absolute atomic E-state index is 0.100. The van der Waals surface area contributed by atoms with Crippen LogP contribution in [0, 0.1) is 5.92 Å². The molecular formula is C16H23ClO2. The molecule has 1 saturated heterocycles. The van der Waals surface area contributed by atoms with Gasteiger partial charge in [0.25, 0.3) is 0 Å². The number of rotatable bonds is 7. The number of hydrogen-bond acceptors (Lipinski definition) is 2. The van der Waals surface area contributed by atoms with Crippen LogP contribution in [0.5, 0.6) is 0 Å². The van der Waals surface area contributed by atoms with E-state index in [1.165, 1.54) is 5.56 Å². The Kier molecular flexibility index (Phi) is 5.68. The molecule has 0 aliphatic carbocycles. The second-order valence-electron chi connectivity index (χ2n) is 5.58. The molecule has 2 unspecified atom stereocenters. The first-order valence-electron chi connectivity index (χ1n) is 7.06. The van der Waals surface area contributed by atoms with Gasteiger partial charge >= 0.3 is 0 Å². The summed E-state index contributed by atoms with van der Waals surface area (Å²) in [6.07, 6.45) is 3.20. The van der Waals surface area contributed by atoms with Gasteiger partial charge in [-0.25, -0.2) is 0 Å². The lowest BCUT2D eigenvalue weighted by Crippen LogP contribution is -2.33. The van der Waals surface area contributed by atoms with E-state index in [-0.39, 0.29) is 5.60 Å². The predicted octanol–water partition coefficient (Wildman–Crippen LogP) is 4.02. The zero-order chi connectivity index (χ0) is 13.6. The maximum atomic E-state index is 6.07. The molecule has 1 aromatic rings. The Bertz CT molecular complexity index is 360. The van der Waals surface area contributed by atoms with Gasteiger partial charge in [0, 0.05) is 13.2 Å². The number of alkyl halides is 1. The normalized spacial score (nSPS) is 24.5. The second kappa shape index (κ2) is 7.28. The summed E-state index contributed by atoms with van der Waals surface area (Å²) in [5.74, 6) is 1.07. The van der Waals surface area contributed by atoms with Gasteiger partial charge in [-0.15, -0.1) is 11.6 Å². The molecule has 0 saturated carbocycles. The van der Waals surface area contributed by atoms with Gasteiger partial charge < -0.3 is 9.47 Å². The van der Waals surface area contributed by atoms with E-state index in [1.807, 2.05) is 18.2 Å². The lowest BCUT2D eigenvalue weighted by Gasteiger charge is -2.28. The Hall–Kier alpha value is -0.570. The van der Waals surface area contributed by atoms with E-state index in [0.29, 0.717) is 18.4 Å². The summed E-state index contributed by atoms with van der Waals surface area (Å²) in [6, 6.07) is 10.3. The summed E-state index contributed by atoms with van der Waals surface area (Å²) in [4.78, 5) is 0. The lowest BCUT2D eigenvalue weighted by molar-refractivity contribution is -0.0104. The van der Waals surface area contributed by atoms with Crippen LogP contribution >= 0.6 is 11.6 Å². The summed E-state index contributed by atoms with van der Waals surface area (Å²) >= 11 is 6.07. The minimum Gasteiger partial charge on any atom is -0.376 e. The van der Waals surface area contributed by atoms with Crippen LogP contribution in [-0.4, -0.2) is 24.7 Å². The molecule has 1 aliphatic heterocycles. The fourth-order valence-corrected chi connectivity index (χ4v) is 3.04. The Morgan fingerprint density at radius 2 is 2.16 bits per heavy atom. The molecule has 1 aromatic carbocycles. The van der Waals surface area contributed by atoms with Crippen molar-refractivity contribution in [1.29, 1.82) is 0 Å². The van der Waals surface area contributed by atoms with Gasteiger partial charge in [-0.05, 0) is 30.7 Å². The Labute approximate surface area is 121 Å². The molecular weight excluding hydrogens is 260 g/mol. The molecule has 1 aliphatic rings. The van der Waals surface area contributed by atoms with Crippen LogP contribution in [0.2, 0.25) is 0 Å². The van der Waals surface area contributed by atoms with Gasteiger partial charge in [-0.2, -0.15) is 0 Å². The Morgan fingerprint density at radius 1 is 1.37 bits per heavy atom. The third-order valence-corrected chi connectivity index (χ3v) is 4.15. The summed E-state index contributed by atoms with van der Waals surface area (Å²) < 4.78 is 11.6. The quantitative estimate of drug-likeness (QED) is 0.703. The van der Waals surface area contributed by atoms with E-state index >= 15 is 0 Å². The zero-order valence-electron chi connectivity index (χ0n) is 11.6. The molecule has 2 rings (SSSR count). The van der Waals surface area contributed by atoms with Gasteiger partial charge in [-0.1, -0.05) is 37.3 Å². The van der Waals surface area contributed by atoms with Crippen LogP contribution in [0.15, 0.2) is 30.3 Å². The van der Waals surface area contributed by atoms with Crippen LogP contribution < -0.4 is 0 Å². The SMILES string of the molecule is CC(COCc1ccccc1)CC1(CCl)CCCO1. The average molecular weight is 283 g/mol. The highest BCUT2D eigenvalue weighted by Crippen LogP contribution is 2.33. The van der Waals surface area contributed by atoms with Crippen LogP contribution in [-0.2, 0) is 16.1 Å². The van der Waals surface area contributed by atoms with Crippen molar-refractivity contribution in [2.24, 2.45) is 5.92 Å². The topological polar surface area (TPSA) is 18.5 Å². The average Bonchev–Trinajstić information content (AvgIpc) is 2.89. The highest BCUT2D eigenvalue weighted by atomic mass is 35.5. The van der Waals surface area contributed by atoms with E-state index in [4.69, 9.17) is 21.1 Å². The first-order chi connectivity index (χ1) is 9.24. The molecule has 0 N–H and O–H groups in total. The monoisotopic (exact) mass is 282 g/mol. The third-order valence-electron chi connectivity index (χ3n) is 3.66. The number of ether oxygens (including phenoxy) is 2. The number of halogens is 1. The van der Waals surface area contributed by atoms with Gasteiger partial charge in [0.15, 0.2) is 0 Å². The van der Waals surface area contributed by atoms with Crippen LogP contribution in [0.25, 0.3) is 0 Å². The molecule has 0 bridgehead atoms. The van der Waals surface area contributed by atoms with Crippen molar-refractivity contribution in [3.8, 4) is 0 Å². The lowest BCUT2D eigenvalue weighted by atomic mass is 9.91. The minimum atomic E-state index is -0.100. The van der Waals surface area contributed by atoms with Crippen molar-refractivity contribution >= 4 is 11.6 Å². The summed E-state index contributed by atoms with van der Waals surface area (Å²) in [6.45, 7) is 4.50. The Balaban J connectivity index is 1.71. The molecule has 0 aromatic heterocycles. The van der Waals surface area contributed by atoms with Gasteiger partial charge in [0.05, 0.1) is 18.1 Å². The summed E-state index contributed by atoms with van der Waals surface area (Å²) in [5, 5.41) is 0. The zero-order valence-corrected chi connectivity index (χ0v) is 12.4. The first-order valence-corrected chi connectivity index (χ1v) is 7.59. The Morgan fingerprint density at radius 3 is 2.79 bits per heavy atom. The standard InChI is InChI=1S/C16H23ClO2/c1-14(10-16(13-17)8-5-9-19-16)11-18-12-15-6-3-2-4-7-15/h2-4,6-7,14H,5,8-13H2,1H3. The molecule has 2 atom stereocenters. The molecule has 106 valence electrons. The number of hydrogen-bond donors (Lipinski definition) is 0. The van der Waals surface area contributed by atoms with Crippen molar-refractivity contribution in [3.63, 3.8) is 0 Å². The van der Waals surface area contributed by atoms with Crippen LogP contribution in [0.3, 0.4) is 0 Å². The van der Waals surface area contributed by atoms with Crippen molar-refractivity contribution in [2.75, 3.05) is 19.1 Å². The fourth-order valence-electron chi connectivity index (χ4n) is 2.72. The van der Waals surface area contributed by atoms with E-state index < -0.39 is 0 Å². The van der Waals surface area contributed by atoms with E-state index in [1.54, 1.807) is 0 Å². The molecule has 0 radical (unpaired) electrons. The molecule has 19 heavy (non-hydrogen) atoms. The first kappa shape index (κ1) is 14.8. The molecule has 1 heterocycles. The van der Waals surface area contributed by atoms with Crippen LogP contribution in [0.1, 0.15) is 31.7 Å². The van der Waals surface area contributed by atoms with E-state index in [0.717, 1.165) is 32.5 Å². The molecule has 0 spiro atoms. The number of benzene rings is 1. The molecule has 1 fully saturated rings. The van der Waals surface area contributed by atoms with Crippen molar-refractivity contribution in [3.05, 3.63) is 35.9 Å². The smallest absolute Gasteiger partial charge is 0.0821 e. The van der Waals surface area contributed by atoms with Crippen molar-refractivity contribution in [2.45, 2.75) is 38.4 Å². The predicted molar refractivity (Wildman–Crippen MR) is 78.5 cm³/mol. The van der Waals surface area contributed by atoms with E-state index in [2.05, 4.69) is 19.1 Å². The van der Waals surface area contributed by atoms with Crippen LogP contribution in [0.4, 0.5) is 0 Å². The summed E-state index contributed by atoms with van der Waals surface area (Å²) in [7, 11) is 0. The highest BCUT2D eigenvalue weighted by molar-refractivity contribution is 6.18. The molecule has 2 nitrogen and oxygen atoms in total. The highest BCUT2D eigenvalue weighted by Gasteiger charge is 2.35. The van der Waals surface area contributed by atoms with Gasteiger partial charge in [-0.3, -0.25) is 0 Å². The molecule has 0 amide bonds. The third kappa shape index (κ3) is 4.48. The van der Waals surface area contributed by atoms with Gasteiger partial charge in [0.1, 0.15) is 0 Å². The maximum absolute atomic E-state index is 6.07. The summed E-state index contributed by atoms with van der Waals surface area (Å²) in [5.41, 5.74) is 1.12. The largest absolute Gasteiger partial charge is 0.376 e. The van der Waals surface area contributed by atoms with Gasteiger partial charge in [0.2, 0.25) is 0 Å². The van der Waals surface area contributed by atoms with Crippen molar-refractivity contribution < 1.29 is 9.47 Å². The fraction of sp³-hybridized carbons (Fsp3) is 0.625. The van der Waals surface area contributed by atoms with E-state index in [9.17, 15) is 0 Å². The second-order valence-corrected chi connectivity index (χ2v) is 5.85. The molecule has 3 heteroatoms. The van der Waals surface area contributed by atoms with Crippen molar-refractivity contribution in [1.82, 2.24) is 0 Å².